The van der Waals surface area contributed by atoms with Crippen LogP contribution in [0.3, 0.4) is 0 Å². The predicted octanol–water partition coefficient (Wildman–Crippen LogP) is 3.78. The number of hydrogen-bond donors (Lipinski definition) is 2. The monoisotopic (exact) mass is 391 g/mol. The number of nitrogens with one attached hydrogen (secondary N) is 1. The second-order valence-corrected chi connectivity index (χ2v) is 6.67. The van der Waals surface area contributed by atoms with Crippen LogP contribution in [0.1, 0.15) is 34.2 Å². The molecule has 1 atom stereocenters. The highest BCUT2D eigenvalue weighted by atomic mass is 19.4. The Bertz CT molecular complexity index is 998. The molecule has 3 aromatic rings. The zero-order valence-corrected chi connectivity index (χ0v) is 15.4. The van der Waals surface area contributed by atoms with Crippen molar-refractivity contribution in [3.8, 4) is 0 Å². The number of hydrogen-bond acceptors (Lipinski definition) is 3. The van der Waals surface area contributed by atoms with Crippen LogP contribution in [0.4, 0.5) is 13.2 Å². The fraction of sp³-hybridized carbons (Fsp3) is 0.300. The minimum atomic E-state index is -4.44. The topological polar surface area (TPSA) is 69.2 Å². The molecule has 5 nitrogen and oxygen atoms in total. The number of aliphatic hydroxyl groups excluding tert-OH is 1. The summed E-state index contributed by atoms with van der Waals surface area (Å²) < 4.78 is 39.7. The zero-order chi connectivity index (χ0) is 20.5. The van der Waals surface area contributed by atoms with Crippen molar-refractivity contribution in [1.82, 2.24) is 14.9 Å². The second-order valence-electron chi connectivity index (χ2n) is 6.67. The number of aromatic nitrogens is 2. The van der Waals surface area contributed by atoms with Gasteiger partial charge in [-0.15, -0.1) is 0 Å². The largest absolute Gasteiger partial charge is 0.416 e. The maximum atomic E-state index is 13.2. The fourth-order valence-electron chi connectivity index (χ4n) is 3.15. The Hall–Kier alpha value is -2.87. The van der Waals surface area contributed by atoms with Crippen LogP contribution in [-0.2, 0) is 19.2 Å². The van der Waals surface area contributed by atoms with Gasteiger partial charge in [0, 0.05) is 13.1 Å². The average Bonchev–Trinajstić information content (AvgIpc) is 3.09. The van der Waals surface area contributed by atoms with Gasteiger partial charge in [-0.3, -0.25) is 4.79 Å². The molecule has 0 aliphatic heterocycles. The van der Waals surface area contributed by atoms with Gasteiger partial charge in [-0.1, -0.05) is 24.3 Å². The smallest absolute Gasteiger partial charge is 0.388 e. The van der Waals surface area contributed by atoms with Crippen LogP contribution in [0.5, 0.6) is 0 Å². The van der Waals surface area contributed by atoms with Crippen molar-refractivity contribution in [1.29, 1.82) is 0 Å². The Morgan fingerprint density at radius 1 is 1.21 bits per heavy atom. The Kier molecular flexibility index (Phi) is 5.42. The third-order valence-electron chi connectivity index (χ3n) is 4.76. The van der Waals surface area contributed by atoms with E-state index in [1.165, 1.54) is 17.0 Å². The Balaban J connectivity index is 1.86. The number of likely N-dealkylation sites (N-methyl/N-ethyl adjacent to an activating group) is 1. The molecule has 0 aliphatic rings. The maximum absolute atomic E-state index is 13.2. The molecule has 1 aromatic heterocycles. The summed E-state index contributed by atoms with van der Waals surface area (Å²) in [6, 6.07) is 9.95. The van der Waals surface area contributed by atoms with E-state index in [-0.39, 0.29) is 24.5 Å². The van der Waals surface area contributed by atoms with Crippen molar-refractivity contribution in [2.75, 3.05) is 7.05 Å². The number of H-pyrrole nitrogens is 1. The lowest BCUT2D eigenvalue weighted by Crippen LogP contribution is -2.37. The van der Waals surface area contributed by atoms with Gasteiger partial charge in [0.2, 0.25) is 0 Å². The summed E-state index contributed by atoms with van der Waals surface area (Å²) in [4.78, 5) is 21.5. The first kappa shape index (κ1) is 19.9. The van der Waals surface area contributed by atoms with Gasteiger partial charge < -0.3 is 15.0 Å². The van der Waals surface area contributed by atoms with Crippen LogP contribution in [0.25, 0.3) is 11.0 Å². The van der Waals surface area contributed by atoms with Crippen molar-refractivity contribution >= 4 is 16.9 Å². The van der Waals surface area contributed by atoms with Crippen LogP contribution in [-0.4, -0.2) is 39.0 Å². The Labute approximate surface area is 159 Å². The molecule has 1 amide bonds. The standard InChI is InChI=1S/C20H20F3N3O2/c1-12(10-13-6-3-4-8-15(13)20(21,22)23)26(2)19(28)14-7-5-9-16-18(14)25-17(11-27)24-16/h3-9,12,27H,10-11H2,1-2H3,(H,24,25). The van der Waals surface area contributed by atoms with E-state index in [9.17, 15) is 23.1 Å². The summed E-state index contributed by atoms with van der Waals surface area (Å²) in [7, 11) is 1.56. The molecule has 0 saturated carbocycles. The zero-order valence-electron chi connectivity index (χ0n) is 15.4. The molecule has 8 heteroatoms. The molecule has 0 saturated heterocycles. The number of imidazole rings is 1. The second kappa shape index (κ2) is 7.63. The lowest BCUT2D eigenvalue weighted by Gasteiger charge is -2.26. The van der Waals surface area contributed by atoms with Crippen LogP contribution in [0.2, 0.25) is 0 Å². The minimum Gasteiger partial charge on any atom is -0.388 e. The number of alkyl halides is 3. The Morgan fingerprint density at radius 3 is 2.61 bits per heavy atom. The van der Waals surface area contributed by atoms with Crippen LogP contribution in [0.15, 0.2) is 42.5 Å². The molecule has 3 rings (SSSR count). The predicted molar refractivity (Wildman–Crippen MR) is 98.7 cm³/mol. The summed E-state index contributed by atoms with van der Waals surface area (Å²) in [5.74, 6) is -0.0105. The molecule has 1 heterocycles. The molecule has 148 valence electrons. The van der Waals surface area contributed by atoms with Crippen LogP contribution in [0, 0.1) is 0 Å². The van der Waals surface area contributed by atoms with E-state index >= 15 is 0 Å². The average molecular weight is 391 g/mol. The molecule has 0 fully saturated rings. The van der Waals surface area contributed by atoms with Crippen LogP contribution < -0.4 is 0 Å². The van der Waals surface area contributed by atoms with Gasteiger partial charge in [0.1, 0.15) is 17.9 Å². The van der Waals surface area contributed by atoms with Crippen molar-refractivity contribution in [3.63, 3.8) is 0 Å². The molecule has 0 spiro atoms. The number of aromatic amines is 1. The third-order valence-corrected chi connectivity index (χ3v) is 4.76. The quantitative estimate of drug-likeness (QED) is 0.696. The van der Waals surface area contributed by atoms with E-state index in [1.54, 1.807) is 38.2 Å². The number of carbonyl (C=O) groups is 1. The van der Waals surface area contributed by atoms with E-state index < -0.39 is 17.8 Å². The van der Waals surface area contributed by atoms with Gasteiger partial charge in [0.05, 0.1) is 16.6 Å². The molecule has 28 heavy (non-hydrogen) atoms. The molecular formula is C20H20F3N3O2. The molecule has 0 bridgehead atoms. The number of carbonyl (C=O) groups excluding carboxylic acids is 1. The van der Waals surface area contributed by atoms with Gasteiger partial charge in [-0.05, 0) is 37.1 Å². The minimum absolute atomic E-state index is 0.0658. The molecule has 0 aliphatic carbocycles. The van der Waals surface area contributed by atoms with Crippen molar-refractivity contribution in [2.24, 2.45) is 0 Å². The highest BCUT2D eigenvalue weighted by Gasteiger charge is 2.33. The fourth-order valence-corrected chi connectivity index (χ4v) is 3.15. The number of amides is 1. The third kappa shape index (κ3) is 3.87. The maximum Gasteiger partial charge on any atom is 0.416 e. The van der Waals surface area contributed by atoms with Crippen molar-refractivity contribution < 1.29 is 23.1 Å². The highest BCUT2D eigenvalue weighted by molar-refractivity contribution is 6.04. The number of benzene rings is 2. The van der Waals surface area contributed by atoms with E-state index in [2.05, 4.69) is 9.97 Å². The summed E-state index contributed by atoms with van der Waals surface area (Å²) in [6.45, 7) is 1.41. The van der Waals surface area contributed by atoms with E-state index in [0.29, 0.717) is 22.4 Å². The number of nitrogens with zero attached hydrogens (tertiary/aromatic N) is 2. The number of aliphatic hydroxyl groups is 1. The molecule has 2 aromatic carbocycles. The summed E-state index contributed by atoms with van der Waals surface area (Å²) in [5, 5.41) is 9.24. The van der Waals surface area contributed by atoms with Crippen molar-refractivity contribution in [2.45, 2.75) is 32.2 Å². The number of rotatable bonds is 5. The first-order chi connectivity index (χ1) is 13.2. The molecule has 2 N–H and O–H groups in total. The molecule has 0 radical (unpaired) electrons. The molecule has 1 unspecified atom stereocenters. The number of para-hydroxylation sites is 1. The summed E-state index contributed by atoms with van der Waals surface area (Å²) >= 11 is 0. The summed E-state index contributed by atoms with van der Waals surface area (Å²) in [5.41, 5.74) is 0.809. The van der Waals surface area contributed by atoms with E-state index in [0.717, 1.165) is 6.07 Å². The highest BCUT2D eigenvalue weighted by Crippen LogP contribution is 2.32. The van der Waals surface area contributed by atoms with E-state index in [4.69, 9.17) is 0 Å². The first-order valence-electron chi connectivity index (χ1n) is 8.73. The Morgan fingerprint density at radius 2 is 1.93 bits per heavy atom. The number of fused-ring (bicyclic) bond motifs is 1. The van der Waals surface area contributed by atoms with Crippen molar-refractivity contribution in [3.05, 3.63) is 65.0 Å². The van der Waals surface area contributed by atoms with Gasteiger partial charge >= 0.3 is 6.18 Å². The van der Waals surface area contributed by atoms with Gasteiger partial charge in [0.15, 0.2) is 0 Å². The van der Waals surface area contributed by atoms with Gasteiger partial charge in [0.25, 0.3) is 5.91 Å². The SMILES string of the molecule is CC(Cc1ccccc1C(F)(F)F)N(C)C(=O)c1cccc2[nH]c(CO)nc12. The number of halogens is 3. The normalized spacial score (nSPS) is 12.9. The first-order valence-corrected chi connectivity index (χ1v) is 8.73. The van der Waals surface area contributed by atoms with E-state index in [1.807, 2.05) is 0 Å². The van der Waals surface area contributed by atoms with Gasteiger partial charge in [-0.25, -0.2) is 4.98 Å². The lowest BCUT2D eigenvalue weighted by molar-refractivity contribution is -0.138. The lowest BCUT2D eigenvalue weighted by atomic mass is 9.99. The molecular weight excluding hydrogens is 371 g/mol. The van der Waals surface area contributed by atoms with Gasteiger partial charge in [-0.2, -0.15) is 13.2 Å². The van der Waals surface area contributed by atoms with Crippen LogP contribution >= 0.6 is 0 Å². The summed E-state index contributed by atoms with van der Waals surface area (Å²) in [6.07, 6.45) is -4.38.